The van der Waals surface area contributed by atoms with Gasteiger partial charge in [0.15, 0.2) is 0 Å². The number of carbonyl (C=O) groups excluding carboxylic acids is 2. The molecule has 0 radical (unpaired) electrons. The monoisotopic (exact) mass is 536 g/mol. The first kappa shape index (κ1) is 26.6. The Labute approximate surface area is 226 Å². The number of nitrogens with one attached hydrogen (secondary N) is 1. The number of aryl methyl sites for hydroxylation is 1. The zero-order valence-electron chi connectivity index (χ0n) is 21.5. The second-order valence-corrected chi connectivity index (χ2v) is 10.2. The summed E-state index contributed by atoms with van der Waals surface area (Å²) in [5, 5.41) is 4.64. The van der Waals surface area contributed by atoms with Crippen molar-refractivity contribution in [3.63, 3.8) is 0 Å². The van der Waals surface area contributed by atoms with E-state index in [9.17, 15) is 9.59 Å². The van der Waals surface area contributed by atoms with Crippen LogP contribution in [0.25, 0.3) is 21.8 Å². The first-order chi connectivity index (χ1) is 17.8. The van der Waals surface area contributed by atoms with E-state index in [0.717, 1.165) is 32.3 Å². The number of ether oxygens (including phenoxy) is 2. The molecule has 1 aliphatic rings. The summed E-state index contributed by atoms with van der Waals surface area (Å²) in [7, 11) is 0. The number of rotatable bonds is 7. The molecule has 0 bridgehead atoms. The number of thiazole rings is 1. The normalized spacial score (nSPS) is 14.0. The average molecular weight is 537 g/mol. The van der Waals surface area contributed by atoms with Crippen LogP contribution in [-0.2, 0) is 19.1 Å². The first-order valence-corrected chi connectivity index (χ1v) is 13.3. The van der Waals surface area contributed by atoms with Gasteiger partial charge in [0.1, 0.15) is 5.01 Å². The quantitative estimate of drug-likeness (QED) is 0.335. The van der Waals surface area contributed by atoms with Crippen LogP contribution in [0.3, 0.4) is 0 Å². The Morgan fingerprint density at radius 2 is 1.49 bits per heavy atom. The van der Waals surface area contributed by atoms with Gasteiger partial charge in [-0.1, -0.05) is 48.0 Å². The highest BCUT2D eigenvalue weighted by Gasteiger charge is 2.39. The number of halogens is 1. The van der Waals surface area contributed by atoms with Crippen LogP contribution >= 0.6 is 22.9 Å². The van der Waals surface area contributed by atoms with Crippen molar-refractivity contribution >= 4 is 34.9 Å². The Kier molecular flexibility index (Phi) is 8.15. The second kappa shape index (κ2) is 11.3. The van der Waals surface area contributed by atoms with Gasteiger partial charge in [-0.3, -0.25) is 0 Å². The molecule has 1 N–H and O–H groups in total. The van der Waals surface area contributed by atoms with E-state index < -0.39 is 17.9 Å². The number of carbonyl (C=O) groups is 2. The molecule has 1 aromatic heterocycles. The first-order valence-electron chi connectivity index (χ1n) is 12.1. The van der Waals surface area contributed by atoms with Gasteiger partial charge in [0, 0.05) is 32.4 Å². The van der Waals surface area contributed by atoms with Crippen LogP contribution < -0.4 is 5.32 Å². The second-order valence-electron chi connectivity index (χ2n) is 8.59. The highest BCUT2D eigenvalue weighted by atomic mass is 35.5. The summed E-state index contributed by atoms with van der Waals surface area (Å²) in [4.78, 5) is 32.5. The number of hydrogen-bond acceptors (Lipinski definition) is 7. The van der Waals surface area contributed by atoms with E-state index in [1.807, 2.05) is 69.3 Å². The van der Waals surface area contributed by atoms with Crippen LogP contribution in [0.15, 0.2) is 71.1 Å². The fraction of sp³-hybridized carbons (Fsp3) is 0.276. The van der Waals surface area contributed by atoms with Crippen molar-refractivity contribution in [1.29, 1.82) is 0 Å². The Bertz CT molecular complexity index is 1370. The van der Waals surface area contributed by atoms with E-state index in [4.69, 9.17) is 26.1 Å². The zero-order chi connectivity index (χ0) is 26.7. The number of hydrogen-bond donors (Lipinski definition) is 1. The molecule has 2 aromatic carbocycles. The summed E-state index contributed by atoms with van der Waals surface area (Å²) in [6.45, 7) is 9.63. The molecule has 0 aliphatic carbocycles. The standard InChI is InChI=1S/C29H29ClN2O4S/c1-6-35-28(33)23-16(3)31-17(4)24(29(34)36-7-2)25(23)21-10-8-9-11-22(21)27-32-26(18(5)37-27)19-12-14-20(30)15-13-19/h8-15,25,31H,6-7H2,1-5H3. The summed E-state index contributed by atoms with van der Waals surface area (Å²) >= 11 is 7.65. The van der Waals surface area contributed by atoms with Crippen LogP contribution in [-0.4, -0.2) is 30.1 Å². The van der Waals surface area contributed by atoms with Crippen molar-refractivity contribution in [1.82, 2.24) is 10.3 Å². The van der Waals surface area contributed by atoms with E-state index in [1.165, 1.54) is 0 Å². The summed E-state index contributed by atoms with van der Waals surface area (Å²) in [5.41, 5.74) is 5.50. The molecule has 0 amide bonds. The van der Waals surface area contributed by atoms with Crippen LogP contribution in [0.5, 0.6) is 0 Å². The zero-order valence-corrected chi connectivity index (χ0v) is 23.0. The summed E-state index contributed by atoms with van der Waals surface area (Å²) < 4.78 is 10.9. The summed E-state index contributed by atoms with van der Waals surface area (Å²) in [5.74, 6) is -1.63. The lowest BCUT2D eigenvalue weighted by molar-refractivity contribution is -0.139. The number of allylic oxidation sites excluding steroid dienone is 2. The lowest BCUT2D eigenvalue weighted by atomic mass is 9.78. The van der Waals surface area contributed by atoms with E-state index in [0.29, 0.717) is 27.6 Å². The average Bonchev–Trinajstić information content (AvgIpc) is 3.25. The van der Waals surface area contributed by atoms with Crippen molar-refractivity contribution < 1.29 is 19.1 Å². The molecular weight excluding hydrogens is 508 g/mol. The molecule has 0 unspecified atom stereocenters. The largest absolute Gasteiger partial charge is 0.463 e. The minimum Gasteiger partial charge on any atom is -0.463 e. The van der Waals surface area contributed by atoms with Gasteiger partial charge in [-0.05, 0) is 52.3 Å². The summed E-state index contributed by atoms with van der Waals surface area (Å²) in [6.07, 6.45) is 0. The highest BCUT2D eigenvalue weighted by molar-refractivity contribution is 7.15. The third-order valence-electron chi connectivity index (χ3n) is 6.17. The topological polar surface area (TPSA) is 77.5 Å². The van der Waals surface area contributed by atoms with E-state index in [-0.39, 0.29) is 13.2 Å². The molecule has 37 heavy (non-hydrogen) atoms. The molecule has 4 rings (SSSR count). The maximum atomic E-state index is 13.2. The van der Waals surface area contributed by atoms with Crippen LogP contribution in [0.1, 0.15) is 44.1 Å². The predicted molar refractivity (Wildman–Crippen MR) is 147 cm³/mol. The van der Waals surface area contributed by atoms with E-state index in [1.54, 1.807) is 25.2 Å². The van der Waals surface area contributed by atoms with Gasteiger partial charge in [0.05, 0.1) is 36.0 Å². The highest BCUT2D eigenvalue weighted by Crippen LogP contribution is 2.44. The number of nitrogens with zero attached hydrogens (tertiary/aromatic N) is 1. The molecule has 0 spiro atoms. The molecule has 3 aromatic rings. The van der Waals surface area contributed by atoms with Gasteiger partial charge in [-0.2, -0.15) is 0 Å². The number of aromatic nitrogens is 1. The van der Waals surface area contributed by atoms with E-state index in [2.05, 4.69) is 5.32 Å². The van der Waals surface area contributed by atoms with Gasteiger partial charge in [0.2, 0.25) is 0 Å². The predicted octanol–water partition coefficient (Wildman–Crippen LogP) is 6.80. The van der Waals surface area contributed by atoms with Crippen molar-refractivity contribution in [2.24, 2.45) is 0 Å². The molecule has 0 saturated carbocycles. The van der Waals surface area contributed by atoms with Crippen molar-refractivity contribution in [3.05, 3.63) is 86.5 Å². The lowest BCUT2D eigenvalue weighted by Crippen LogP contribution is -2.32. The smallest absolute Gasteiger partial charge is 0.336 e. The van der Waals surface area contributed by atoms with Gasteiger partial charge in [0.25, 0.3) is 0 Å². The molecular formula is C29H29ClN2O4S. The minimum absolute atomic E-state index is 0.220. The molecule has 6 nitrogen and oxygen atoms in total. The molecule has 8 heteroatoms. The summed E-state index contributed by atoms with van der Waals surface area (Å²) in [6, 6.07) is 15.3. The van der Waals surface area contributed by atoms with Crippen molar-refractivity contribution in [3.8, 4) is 21.8 Å². The van der Waals surface area contributed by atoms with Gasteiger partial charge >= 0.3 is 11.9 Å². The Morgan fingerprint density at radius 1 is 0.919 bits per heavy atom. The van der Waals surface area contributed by atoms with Gasteiger partial charge < -0.3 is 14.8 Å². The maximum Gasteiger partial charge on any atom is 0.336 e. The molecule has 192 valence electrons. The van der Waals surface area contributed by atoms with Gasteiger partial charge in [-0.15, -0.1) is 11.3 Å². The SMILES string of the molecule is CCOC(=O)C1=C(C)NC(C)=C(C(=O)OCC)C1c1ccccc1-c1nc(-c2ccc(Cl)cc2)c(C)s1. The van der Waals surface area contributed by atoms with E-state index >= 15 is 0 Å². The van der Waals surface area contributed by atoms with Crippen LogP contribution in [0.2, 0.25) is 5.02 Å². The number of benzene rings is 2. The molecule has 0 saturated heterocycles. The Hall–Kier alpha value is -3.42. The maximum absolute atomic E-state index is 13.2. The molecule has 0 fully saturated rings. The number of dihydropyridines is 1. The van der Waals surface area contributed by atoms with Crippen molar-refractivity contribution in [2.45, 2.75) is 40.5 Å². The third-order valence-corrected chi connectivity index (χ3v) is 7.42. The molecule has 2 heterocycles. The van der Waals surface area contributed by atoms with Crippen molar-refractivity contribution in [2.75, 3.05) is 13.2 Å². The minimum atomic E-state index is -0.682. The fourth-order valence-electron chi connectivity index (χ4n) is 4.59. The van der Waals surface area contributed by atoms with Crippen LogP contribution in [0.4, 0.5) is 0 Å². The van der Waals surface area contributed by atoms with Gasteiger partial charge in [-0.25, -0.2) is 14.6 Å². The Balaban J connectivity index is 1.91. The fourth-order valence-corrected chi connectivity index (χ4v) is 5.70. The molecule has 0 atom stereocenters. The third kappa shape index (κ3) is 5.33. The Morgan fingerprint density at radius 3 is 2.05 bits per heavy atom. The molecule has 1 aliphatic heterocycles. The lowest BCUT2D eigenvalue weighted by Gasteiger charge is -2.31. The van der Waals surface area contributed by atoms with Crippen LogP contribution in [0, 0.1) is 6.92 Å². The number of esters is 2.